The summed E-state index contributed by atoms with van der Waals surface area (Å²) in [5.74, 6) is -0.518. The van der Waals surface area contributed by atoms with Crippen LogP contribution in [0.25, 0.3) is 21.8 Å². The number of sulfone groups is 1. The Morgan fingerprint density at radius 1 is 1.12 bits per heavy atom. The summed E-state index contributed by atoms with van der Waals surface area (Å²) in [4.78, 5) is 12.1. The summed E-state index contributed by atoms with van der Waals surface area (Å²) in [5, 5.41) is 3.78. The van der Waals surface area contributed by atoms with Crippen LogP contribution in [-0.2, 0) is 21.2 Å². The fourth-order valence-corrected chi connectivity index (χ4v) is 3.36. The molecule has 1 N–H and O–H groups in total. The number of amides is 1. The van der Waals surface area contributed by atoms with Gasteiger partial charge in [-0.25, -0.2) is 8.42 Å². The molecule has 5 nitrogen and oxygen atoms in total. The molecule has 1 heterocycles. The van der Waals surface area contributed by atoms with Crippen molar-refractivity contribution in [2.45, 2.75) is 25.6 Å². The monoisotopic (exact) mass is 344 g/mol. The second-order valence-corrected chi connectivity index (χ2v) is 8.32. The molecular weight excluding hydrogens is 324 g/mol. The average Bonchev–Trinajstić information content (AvgIpc) is 2.86. The van der Waals surface area contributed by atoms with Gasteiger partial charge in [-0.3, -0.25) is 4.79 Å². The summed E-state index contributed by atoms with van der Waals surface area (Å²) in [6, 6.07) is 13.8. The molecule has 1 amide bonds. The van der Waals surface area contributed by atoms with Crippen molar-refractivity contribution >= 4 is 43.2 Å². The fraction of sp³-hybridized carbons (Fsp3) is 0.278. The first-order valence-corrected chi connectivity index (χ1v) is 9.79. The van der Waals surface area contributed by atoms with Gasteiger partial charge in [-0.15, -0.1) is 0 Å². The lowest BCUT2D eigenvalue weighted by molar-refractivity contribution is -0.115. The topological polar surface area (TPSA) is 68.2 Å². The van der Waals surface area contributed by atoms with Crippen molar-refractivity contribution in [1.29, 1.82) is 0 Å². The second kappa shape index (κ2) is 5.94. The van der Waals surface area contributed by atoms with E-state index in [4.69, 9.17) is 0 Å². The Morgan fingerprint density at radius 3 is 2.46 bits per heavy atom. The van der Waals surface area contributed by atoms with Crippen LogP contribution in [-0.4, -0.2) is 30.4 Å². The number of nitrogens with one attached hydrogen (secondary N) is 1. The SMILES string of the molecule is CCn1c2ccccc2c2cc(NC(=O)C(C)S(C)(=O)=O)ccc21. The van der Waals surface area contributed by atoms with Crippen LogP contribution in [0.3, 0.4) is 0 Å². The minimum atomic E-state index is -3.42. The minimum Gasteiger partial charge on any atom is -0.341 e. The van der Waals surface area contributed by atoms with E-state index in [0.717, 1.165) is 34.6 Å². The van der Waals surface area contributed by atoms with Gasteiger partial charge in [-0.05, 0) is 38.1 Å². The summed E-state index contributed by atoms with van der Waals surface area (Å²) in [6.45, 7) is 4.34. The highest BCUT2D eigenvalue weighted by Crippen LogP contribution is 2.31. The molecule has 0 spiro atoms. The van der Waals surface area contributed by atoms with Crippen LogP contribution < -0.4 is 5.32 Å². The average molecular weight is 344 g/mol. The Bertz CT molecular complexity index is 1040. The molecule has 0 aliphatic heterocycles. The van der Waals surface area contributed by atoms with Crippen molar-refractivity contribution in [3.8, 4) is 0 Å². The molecule has 24 heavy (non-hydrogen) atoms. The summed E-state index contributed by atoms with van der Waals surface area (Å²) < 4.78 is 25.3. The molecule has 126 valence electrons. The Labute approximate surface area is 141 Å². The van der Waals surface area contributed by atoms with E-state index in [1.807, 2.05) is 24.3 Å². The third-order valence-corrected chi connectivity index (χ3v) is 5.87. The second-order valence-electron chi connectivity index (χ2n) is 5.95. The fourth-order valence-electron chi connectivity index (χ4n) is 2.91. The standard InChI is InChI=1S/C18H20N2O3S/c1-4-20-16-8-6-5-7-14(16)15-11-13(9-10-17(15)20)19-18(21)12(2)24(3,22)23/h5-12H,4H2,1-3H3,(H,19,21). The van der Waals surface area contributed by atoms with Gasteiger partial charge in [0.2, 0.25) is 5.91 Å². The van der Waals surface area contributed by atoms with E-state index in [1.54, 1.807) is 6.07 Å². The minimum absolute atomic E-state index is 0.518. The smallest absolute Gasteiger partial charge is 0.242 e. The summed E-state index contributed by atoms with van der Waals surface area (Å²) in [5.41, 5.74) is 2.83. The molecular formula is C18H20N2O3S. The van der Waals surface area contributed by atoms with E-state index >= 15 is 0 Å². The molecule has 1 atom stereocenters. The first-order chi connectivity index (χ1) is 11.3. The number of carbonyl (C=O) groups is 1. The zero-order valence-electron chi connectivity index (χ0n) is 13.9. The van der Waals surface area contributed by atoms with Crippen LogP contribution in [0.15, 0.2) is 42.5 Å². The van der Waals surface area contributed by atoms with E-state index in [-0.39, 0.29) is 0 Å². The lowest BCUT2D eigenvalue weighted by Gasteiger charge is -2.11. The van der Waals surface area contributed by atoms with Gasteiger partial charge in [-0.1, -0.05) is 18.2 Å². The van der Waals surface area contributed by atoms with E-state index in [1.165, 1.54) is 6.92 Å². The molecule has 0 aliphatic rings. The highest BCUT2D eigenvalue weighted by Gasteiger charge is 2.23. The molecule has 0 bridgehead atoms. The van der Waals surface area contributed by atoms with Crippen molar-refractivity contribution in [1.82, 2.24) is 4.57 Å². The summed E-state index contributed by atoms with van der Waals surface area (Å²) in [7, 11) is -3.42. The Kier molecular flexibility index (Phi) is 4.09. The number of para-hydroxylation sites is 1. The van der Waals surface area contributed by atoms with Crippen molar-refractivity contribution in [3.63, 3.8) is 0 Å². The molecule has 0 fully saturated rings. The predicted octanol–water partition coefficient (Wildman–Crippen LogP) is 3.19. The predicted molar refractivity (Wildman–Crippen MR) is 98.1 cm³/mol. The van der Waals surface area contributed by atoms with Crippen molar-refractivity contribution in [2.75, 3.05) is 11.6 Å². The Morgan fingerprint density at radius 2 is 1.79 bits per heavy atom. The first-order valence-electron chi connectivity index (χ1n) is 7.83. The van der Waals surface area contributed by atoms with Crippen molar-refractivity contribution in [2.24, 2.45) is 0 Å². The number of carbonyl (C=O) groups excluding carboxylic acids is 1. The lowest BCUT2D eigenvalue weighted by atomic mass is 10.1. The highest BCUT2D eigenvalue weighted by atomic mass is 32.2. The molecule has 6 heteroatoms. The number of rotatable bonds is 4. The molecule has 1 aromatic heterocycles. The van der Waals surface area contributed by atoms with Gasteiger partial charge >= 0.3 is 0 Å². The van der Waals surface area contributed by atoms with E-state index in [0.29, 0.717) is 5.69 Å². The van der Waals surface area contributed by atoms with E-state index in [2.05, 4.69) is 28.9 Å². The number of aromatic nitrogens is 1. The van der Waals surface area contributed by atoms with Crippen LogP contribution in [0, 0.1) is 0 Å². The number of fused-ring (bicyclic) bond motifs is 3. The van der Waals surface area contributed by atoms with Gasteiger partial charge in [0.15, 0.2) is 9.84 Å². The van der Waals surface area contributed by atoms with Crippen LogP contribution in [0.5, 0.6) is 0 Å². The quantitative estimate of drug-likeness (QED) is 0.790. The molecule has 3 rings (SSSR count). The van der Waals surface area contributed by atoms with Crippen molar-refractivity contribution < 1.29 is 13.2 Å². The Hall–Kier alpha value is -2.34. The van der Waals surface area contributed by atoms with E-state index in [9.17, 15) is 13.2 Å². The third kappa shape index (κ3) is 2.78. The molecule has 3 aromatic rings. The largest absolute Gasteiger partial charge is 0.341 e. The maximum Gasteiger partial charge on any atom is 0.242 e. The van der Waals surface area contributed by atoms with Gasteiger partial charge in [-0.2, -0.15) is 0 Å². The molecule has 0 saturated heterocycles. The number of nitrogens with zero attached hydrogens (tertiary/aromatic N) is 1. The van der Waals surface area contributed by atoms with Crippen LogP contribution in [0.2, 0.25) is 0 Å². The maximum absolute atomic E-state index is 12.1. The highest BCUT2D eigenvalue weighted by molar-refractivity contribution is 7.92. The van der Waals surface area contributed by atoms with Crippen molar-refractivity contribution in [3.05, 3.63) is 42.5 Å². The molecule has 1 unspecified atom stereocenters. The normalized spacial score (nSPS) is 13.3. The maximum atomic E-state index is 12.1. The number of hydrogen-bond donors (Lipinski definition) is 1. The summed E-state index contributed by atoms with van der Waals surface area (Å²) >= 11 is 0. The molecule has 0 aliphatic carbocycles. The number of anilines is 1. The molecule has 0 radical (unpaired) electrons. The lowest BCUT2D eigenvalue weighted by Crippen LogP contribution is -2.31. The zero-order chi connectivity index (χ0) is 17.5. The third-order valence-electron chi connectivity index (χ3n) is 4.37. The number of benzene rings is 2. The summed E-state index contributed by atoms with van der Waals surface area (Å²) in [6.07, 6.45) is 1.06. The van der Waals surface area contributed by atoms with Gasteiger partial charge in [0.25, 0.3) is 0 Å². The molecule has 0 saturated carbocycles. The van der Waals surface area contributed by atoms with Gasteiger partial charge in [0, 0.05) is 40.3 Å². The van der Waals surface area contributed by atoms with E-state index < -0.39 is 21.0 Å². The van der Waals surface area contributed by atoms with Gasteiger partial charge in [0.1, 0.15) is 5.25 Å². The van der Waals surface area contributed by atoms with Gasteiger partial charge in [0.05, 0.1) is 0 Å². The van der Waals surface area contributed by atoms with Gasteiger partial charge < -0.3 is 9.88 Å². The van der Waals surface area contributed by atoms with Crippen LogP contribution in [0.1, 0.15) is 13.8 Å². The Balaban J connectivity index is 2.06. The zero-order valence-corrected chi connectivity index (χ0v) is 14.7. The molecule has 2 aromatic carbocycles. The number of hydrogen-bond acceptors (Lipinski definition) is 3. The van der Waals surface area contributed by atoms with Crippen LogP contribution >= 0.6 is 0 Å². The number of aryl methyl sites for hydroxylation is 1. The first kappa shape index (κ1) is 16.5. The van der Waals surface area contributed by atoms with Crippen LogP contribution in [0.4, 0.5) is 5.69 Å².